The van der Waals surface area contributed by atoms with Gasteiger partial charge in [0, 0.05) is 11.8 Å². The van der Waals surface area contributed by atoms with Crippen LogP contribution in [0.4, 0.5) is 15.8 Å². The molecule has 6 nitrogen and oxygen atoms in total. The van der Waals surface area contributed by atoms with Crippen LogP contribution in [0, 0.1) is 19.7 Å². The highest BCUT2D eigenvalue weighted by atomic mass is 35.5. The number of anilines is 2. The van der Waals surface area contributed by atoms with Crippen LogP contribution in [-0.4, -0.2) is 20.9 Å². The predicted octanol–water partition coefficient (Wildman–Crippen LogP) is 4.91. The van der Waals surface area contributed by atoms with E-state index in [1.807, 2.05) is 32.0 Å². The summed E-state index contributed by atoms with van der Waals surface area (Å²) in [5.41, 5.74) is 2.57. The second-order valence-electron chi connectivity index (χ2n) is 6.81. The predicted molar refractivity (Wildman–Crippen MR) is 119 cm³/mol. The number of hydrogen-bond donors (Lipinski definition) is 2. The first-order valence-electron chi connectivity index (χ1n) is 9.22. The average Bonchev–Trinajstić information content (AvgIpc) is 2.72. The van der Waals surface area contributed by atoms with E-state index in [0.29, 0.717) is 11.4 Å². The minimum Gasteiger partial charge on any atom is -0.484 e. The number of hydrogen-bond acceptors (Lipinski definition) is 4. The van der Waals surface area contributed by atoms with Gasteiger partial charge in [-0.2, -0.15) is 0 Å². The van der Waals surface area contributed by atoms with Gasteiger partial charge in [0.2, 0.25) is 0 Å². The van der Waals surface area contributed by atoms with Crippen molar-refractivity contribution >= 4 is 38.9 Å². The molecule has 0 unspecified atom stereocenters. The SMILES string of the molecule is Cc1cccc(C)c1NS(=O)(=O)c1ccc(NC(=O)COc2ccc(F)c(Cl)c2)cc1. The molecule has 0 radical (unpaired) electrons. The topological polar surface area (TPSA) is 84.5 Å². The van der Waals surface area contributed by atoms with Gasteiger partial charge in [0.05, 0.1) is 15.6 Å². The highest BCUT2D eigenvalue weighted by molar-refractivity contribution is 7.92. The third-order valence-electron chi connectivity index (χ3n) is 4.43. The fourth-order valence-electron chi connectivity index (χ4n) is 2.80. The molecule has 162 valence electrons. The lowest BCUT2D eigenvalue weighted by Crippen LogP contribution is -2.20. The maximum atomic E-state index is 13.1. The van der Waals surface area contributed by atoms with Crippen molar-refractivity contribution in [3.8, 4) is 5.75 Å². The lowest BCUT2D eigenvalue weighted by molar-refractivity contribution is -0.118. The molecular formula is C22H20ClFN2O4S. The number of rotatable bonds is 7. The Morgan fingerprint density at radius 2 is 1.68 bits per heavy atom. The first-order valence-corrected chi connectivity index (χ1v) is 11.1. The summed E-state index contributed by atoms with van der Waals surface area (Å²) in [5, 5.41) is 2.49. The van der Waals surface area contributed by atoms with Crippen LogP contribution in [0.5, 0.6) is 5.75 Å². The van der Waals surface area contributed by atoms with Crippen molar-refractivity contribution in [3.63, 3.8) is 0 Å². The van der Waals surface area contributed by atoms with E-state index >= 15 is 0 Å². The Morgan fingerprint density at radius 1 is 1.03 bits per heavy atom. The van der Waals surface area contributed by atoms with Crippen molar-refractivity contribution < 1.29 is 22.3 Å². The molecule has 0 saturated heterocycles. The van der Waals surface area contributed by atoms with Crippen LogP contribution in [0.25, 0.3) is 0 Å². The number of carbonyl (C=O) groups excluding carboxylic acids is 1. The molecule has 0 bridgehead atoms. The van der Waals surface area contributed by atoms with E-state index in [0.717, 1.165) is 17.2 Å². The van der Waals surface area contributed by atoms with Gasteiger partial charge in [0.25, 0.3) is 15.9 Å². The summed E-state index contributed by atoms with van der Waals surface area (Å²) in [6.45, 7) is 3.33. The van der Waals surface area contributed by atoms with Gasteiger partial charge in [0.15, 0.2) is 6.61 Å². The Bertz CT molecular complexity index is 1190. The first-order chi connectivity index (χ1) is 14.7. The first kappa shape index (κ1) is 22.6. The molecule has 0 aliphatic carbocycles. The van der Waals surface area contributed by atoms with E-state index in [9.17, 15) is 17.6 Å². The third kappa shape index (κ3) is 5.74. The number of amides is 1. The summed E-state index contributed by atoms with van der Waals surface area (Å²) in [4.78, 5) is 12.1. The van der Waals surface area contributed by atoms with Gasteiger partial charge in [-0.15, -0.1) is 0 Å². The van der Waals surface area contributed by atoms with Crippen LogP contribution in [0.15, 0.2) is 65.6 Å². The molecule has 2 N–H and O–H groups in total. The second kappa shape index (κ2) is 9.36. The molecule has 0 spiro atoms. The Kier molecular flexibility index (Phi) is 6.82. The standard InChI is InChI=1S/C22H20ClFN2O4S/c1-14-4-3-5-15(2)22(14)26-31(28,29)18-9-6-16(7-10-18)25-21(27)13-30-17-8-11-20(24)19(23)12-17/h3-12,26H,13H2,1-2H3,(H,25,27). The van der Waals surface area contributed by atoms with Gasteiger partial charge in [-0.25, -0.2) is 12.8 Å². The van der Waals surface area contributed by atoms with E-state index in [2.05, 4.69) is 10.0 Å². The monoisotopic (exact) mass is 462 g/mol. The van der Waals surface area contributed by atoms with Gasteiger partial charge in [-0.05, 0) is 61.4 Å². The van der Waals surface area contributed by atoms with Crippen molar-refractivity contribution in [2.45, 2.75) is 18.7 Å². The maximum Gasteiger partial charge on any atom is 0.262 e. The van der Waals surface area contributed by atoms with E-state index in [-0.39, 0.29) is 22.3 Å². The van der Waals surface area contributed by atoms with Gasteiger partial charge >= 0.3 is 0 Å². The zero-order valence-electron chi connectivity index (χ0n) is 16.8. The summed E-state index contributed by atoms with van der Waals surface area (Å²) in [6.07, 6.45) is 0. The molecule has 3 rings (SSSR count). The molecule has 31 heavy (non-hydrogen) atoms. The summed E-state index contributed by atoms with van der Waals surface area (Å²) < 4.78 is 46.4. The molecule has 3 aromatic rings. The van der Waals surface area contributed by atoms with Crippen LogP contribution in [0.1, 0.15) is 11.1 Å². The largest absolute Gasteiger partial charge is 0.484 e. The number of halogens is 2. The van der Waals surface area contributed by atoms with Crippen LogP contribution in [-0.2, 0) is 14.8 Å². The summed E-state index contributed by atoms with van der Waals surface area (Å²) >= 11 is 5.67. The normalized spacial score (nSPS) is 11.1. The summed E-state index contributed by atoms with van der Waals surface area (Å²) in [6, 6.07) is 15.0. The van der Waals surface area contributed by atoms with E-state index < -0.39 is 21.7 Å². The molecule has 0 atom stereocenters. The van der Waals surface area contributed by atoms with E-state index in [1.165, 1.54) is 36.4 Å². The van der Waals surface area contributed by atoms with Gasteiger partial charge in [0.1, 0.15) is 11.6 Å². The van der Waals surface area contributed by atoms with Crippen LogP contribution < -0.4 is 14.8 Å². The van der Waals surface area contributed by atoms with Crippen LogP contribution in [0.2, 0.25) is 5.02 Å². The van der Waals surface area contributed by atoms with Crippen molar-refractivity contribution in [1.29, 1.82) is 0 Å². The number of nitrogens with one attached hydrogen (secondary N) is 2. The van der Waals surface area contributed by atoms with Gasteiger partial charge in [-0.3, -0.25) is 9.52 Å². The zero-order chi connectivity index (χ0) is 22.6. The number of para-hydroxylation sites is 1. The average molecular weight is 463 g/mol. The fourth-order valence-corrected chi connectivity index (χ4v) is 4.17. The molecule has 9 heteroatoms. The molecule has 0 fully saturated rings. The van der Waals surface area contributed by atoms with Crippen LogP contribution in [0.3, 0.4) is 0 Å². The molecule has 0 heterocycles. The highest BCUT2D eigenvalue weighted by Gasteiger charge is 2.16. The van der Waals surface area contributed by atoms with Gasteiger partial charge in [-0.1, -0.05) is 29.8 Å². The Labute approximate surface area is 185 Å². The Morgan fingerprint density at radius 3 is 2.29 bits per heavy atom. The van der Waals surface area contributed by atoms with Crippen molar-refractivity contribution in [1.82, 2.24) is 0 Å². The molecular weight excluding hydrogens is 443 g/mol. The smallest absolute Gasteiger partial charge is 0.262 e. The molecule has 0 aliphatic rings. The second-order valence-corrected chi connectivity index (χ2v) is 8.90. The maximum absolute atomic E-state index is 13.1. The lowest BCUT2D eigenvalue weighted by Gasteiger charge is -2.13. The number of aryl methyl sites for hydroxylation is 2. The van der Waals surface area contributed by atoms with Crippen LogP contribution >= 0.6 is 11.6 Å². The number of carbonyl (C=O) groups is 1. The zero-order valence-corrected chi connectivity index (χ0v) is 18.4. The number of sulfonamides is 1. The minimum absolute atomic E-state index is 0.0605. The van der Waals surface area contributed by atoms with Crippen molar-refractivity contribution in [2.24, 2.45) is 0 Å². The lowest BCUT2D eigenvalue weighted by atomic mass is 10.1. The third-order valence-corrected chi connectivity index (χ3v) is 6.08. The minimum atomic E-state index is -3.79. The number of benzene rings is 3. The fraction of sp³-hybridized carbons (Fsp3) is 0.136. The number of ether oxygens (including phenoxy) is 1. The van der Waals surface area contributed by atoms with E-state index in [4.69, 9.17) is 16.3 Å². The van der Waals surface area contributed by atoms with Crippen molar-refractivity contribution in [3.05, 3.63) is 82.6 Å². The van der Waals surface area contributed by atoms with E-state index in [1.54, 1.807) is 0 Å². The van der Waals surface area contributed by atoms with Crippen molar-refractivity contribution in [2.75, 3.05) is 16.6 Å². The molecule has 0 aliphatic heterocycles. The highest BCUT2D eigenvalue weighted by Crippen LogP contribution is 2.24. The molecule has 3 aromatic carbocycles. The van der Waals surface area contributed by atoms with Gasteiger partial charge < -0.3 is 10.1 Å². The Balaban J connectivity index is 1.62. The molecule has 0 saturated carbocycles. The quantitative estimate of drug-likeness (QED) is 0.522. The molecule has 1 amide bonds. The summed E-state index contributed by atoms with van der Waals surface area (Å²) in [5.74, 6) is -0.800. The summed E-state index contributed by atoms with van der Waals surface area (Å²) in [7, 11) is -3.79. The Hall–Kier alpha value is -3.10. The molecule has 0 aromatic heterocycles.